The summed E-state index contributed by atoms with van der Waals surface area (Å²) in [5, 5.41) is 0. The maximum absolute atomic E-state index is 11.9. The summed E-state index contributed by atoms with van der Waals surface area (Å²) in [6.45, 7) is 4.30. The molecule has 2 aliphatic rings. The van der Waals surface area contributed by atoms with Crippen molar-refractivity contribution in [3.63, 3.8) is 0 Å². The number of imide groups is 1. The van der Waals surface area contributed by atoms with Gasteiger partial charge in [0, 0.05) is 12.6 Å². The number of rotatable bonds is 2. The lowest BCUT2D eigenvalue weighted by Crippen LogP contribution is -2.40. The van der Waals surface area contributed by atoms with Gasteiger partial charge in [-0.15, -0.1) is 0 Å². The molecule has 0 radical (unpaired) electrons. The van der Waals surface area contributed by atoms with Gasteiger partial charge >= 0.3 is 0 Å². The number of fused-ring (bicyclic) bond motifs is 1. The Labute approximate surface area is 89.8 Å². The average Bonchev–Trinajstić information content (AvgIpc) is 2.61. The largest absolute Gasteiger partial charge is 0.326 e. The van der Waals surface area contributed by atoms with E-state index in [4.69, 9.17) is 5.73 Å². The van der Waals surface area contributed by atoms with Gasteiger partial charge < -0.3 is 5.73 Å². The molecule has 4 heteroatoms. The van der Waals surface area contributed by atoms with Gasteiger partial charge in [0.15, 0.2) is 0 Å². The zero-order valence-electron chi connectivity index (χ0n) is 9.27. The zero-order chi connectivity index (χ0) is 11.2. The maximum atomic E-state index is 11.9. The topological polar surface area (TPSA) is 63.4 Å². The number of hydrogen-bond acceptors (Lipinski definition) is 3. The van der Waals surface area contributed by atoms with Gasteiger partial charge in [-0.3, -0.25) is 14.5 Å². The fourth-order valence-corrected chi connectivity index (χ4v) is 2.81. The summed E-state index contributed by atoms with van der Waals surface area (Å²) >= 11 is 0. The van der Waals surface area contributed by atoms with Crippen LogP contribution in [-0.2, 0) is 9.59 Å². The molecule has 0 aromatic rings. The molecular formula is C11H18N2O2. The van der Waals surface area contributed by atoms with Crippen molar-refractivity contribution in [2.24, 2.45) is 23.5 Å². The fourth-order valence-electron chi connectivity index (χ4n) is 2.81. The Morgan fingerprint density at radius 1 is 1.33 bits per heavy atom. The van der Waals surface area contributed by atoms with Crippen molar-refractivity contribution in [2.75, 3.05) is 6.54 Å². The van der Waals surface area contributed by atoms with Crippen molar-refractivity contribution >= 4 is 11.8 Å². The number of carbonyl (C=O) groups excluding carboxylic acids is 2. The SMILES string of the molecule is CC1CC2C(=O)N(C[C@@H](C)N)C(=O)C2C1. The molecule has 1 aliphatic heterocycles. The highest BCUT2D eigenvalue weighted by Crippen LogP contribution is 2.42. The van der Waals surface area contributed by atoms with E-state index in [9.17, 15) is 9.59 Å². The van der Waals surface area contributed by atoms with Gasteiger partial charge in [-0.25, -0.2) is 0 Å². The third-order valence-electron chi connectivity index (χ3n) is 3.44. The van der Waals surface area contributed by atoms with E-state index in [-0.39, 0.29) is 29.7 Å². The molecule has 2 unspecified atom stereocenters. The monoisotopic (exact) mass is 210 g/mol. The highest BCUT2D eigenvalue weighted by atomic mass is 16.2. The van der Waals surface area contributed by atoms with Crippen molar-refractivity contribution in [1.82, 2.24) is 4.90 Å². The van der Waals surface area contributed by atoms with E-state index < -0.39 is 0 Å². The normalized spacial score (nSPS) is 37.3. The van der Waals surface area contributed by atoms with Crippen LogP contribution in [0, 0.1) is 17.8 Å². The first-order valence-corrected chi connectivity index (χ1v) is 5.61. The molecule has 0 bridgehead atoms. The Morgan fingerprint density at radius 3 is 2.20 bits per heavy atom. The summed E-state index contributed by atoms with van der Waals surface area (Å²) in [4.78, 5) is 25.2. The standard InChI is InChI=1S/C11H18N2O2/c1-6-3-8-9(4-6)11(15)13(10(8)14)5-7(2)12/h6-9H,3-5,12H2,1-2H3/t6?,7-,8?,9?/m1/s1. The van der Waals surface area contributed by atoms with E-state index in [0.717, 1.165) is 12.8 Å². The molecule has 15 heavy (non-hydrogen) atoms. The molecule has 4 nitrogen and oxygen atoms in total. The Hall–Kier alpha value is -0.900. The summed E-state index contributed by atoms with van der Waals surface area (Å²) in [6.07, 6.45) is 1.73. The number of carbonyl (C=O) groups is 2. The van der Waals surface area contributed by atoms with Crippen LogP contribution in [0.2, 0.25) is 0 Å². The fraction of sp³-hybridized carbons (Fsp3) is 0.818. The Bertz CT molecular complexity index is 277. The van der Waals surface area contributed by atoms with Gasteiger partial charge in [-0.2, -0.15) is 0 Å². The van der Waals surface area contributed by atoms with E-state index in [1.807, 2.05) is 6.92 Å². The third-order valence-corrected chi connectivity index (χ3v) is 3.44. The van der Waals surface area contributed by atoms with Crippen LogP contribution in [0.4, 0.5) is 0 Å². The Kier molecular flexibility index (Phi) is 2.54. The van der Waals surface area contributed by atoms with Crippen LogP contribution in [0.3, 0.4) is 0 Å². The number of hydrogen-bond donors (Lipinski definition) is 1. The second-order valence-corrected chi connectivity index (χ2v) is 5.05. The molecule has 1 heterocycles. The van der Waals surface area contributed by atoms with Crippen LogP contribution in [-0.4, -0.2) is 29.3 Å². The predicted octanol–water partition coefficient (Wildman–Crippen LogP) is 0.365. The second kappa shape index (κ2) is 3.59. The van der Waals surface area contributed by atoms with Crippen molar-refractivity contribution in [2.45, 2.75) is 32.7 Å². The van der Waals surface area contributed by atoms with Crippen LogP contribution in [0.25, 0.3) is 0 Å². The van der Waals surface area contributed by atoms with Gasteiger partial charge in [0.2, 0.25) is 11.8 Å². The number of nitrogens with two attached hydrogens (primary N) is 1. The molecule has 0 aromatic heterocycles. The molecule has 84 valence electrons. The molecule has 0 spiro atoms. The van der Waals surface area contributed by atoms with E-state index in [2.05, 4.69) is 6.92 Å². The summed E-state index contributed by atoms with van der Waals surface area (Å²) in [6, 6.07) is -0.130. The molecule has 2 fully saturated rings. The molecule has 1 saturated heterocycles. The van der Waals surface area contributed by atoms with Crippen molar-refractivity contribution in [3.8, 4) is 0 Å². The van der Waals surface area contributed by atoms with Crippen LogP contribution >= 0.6 is 0 Å². The summed E-state index contributed by atoms with van der Waals surface area (Å²) in [7, 11) is 0. The highest BCUT2D eigenvalue weighted by Gasteiger charge is 2.51. The van der Waals surface area contributed by atoms with Crippen molar-refractivity contribution in [3.05, 3.63) is 0 Å². The molecule has 2 rings (SSSR count). The van der Waals surface area contributed by atoms with E-state index >= 15 is 0 Å². The van der Waals surface area contributed by atoms with Crippen LogP contribution < -0.4 is 5.73 Å². The molecule has 1 aliphatic carbocycles. The van der Waals surface area contributed by atoms with Gasteiger partial charge in [0.1, 0.15) is 0 Å². The van der Waals surface area contributed by atoms with Crippen LogP contribution in [0.5, 0.6) is 0 Å². The summed E-state index contributed by atoms with van der Waals surface area (Å²) in [5.74, 6) is 0.418. The lowest BCUT2D eigenvalue weighted by Gasteiger charge is -2.18. The van der Waals surface area contributed by atoms with Crippen LogP contribution in [0.1, 0.15) is 26.7 Å². The average molecular weight is 210 g/mol. The number of nitrogens with zero attached hydrogens (tertiary/aromatic N) is 1. The molecule has 0 aromatic carbocycles. The minimum atomic E-state index is -0.130. The quantitative estimate of drug-likeness (QED) is 0.669. The van der Waals surface area contributed by atoms with Crippen molar-refractivity contribution in [1.29, 1.82) is 0 Å². The minimum absolute atomic E-state index is 0.00616. The van der Waals surface area contributed by atoms with Gasteiger partial charge in [0.25, 0.3) is 0 Å². The Morgan fingerprint density at radius 2 is 1.80 bits per heavy atom. The third kappa shape index (κ3) is 1.67. The Balaban J connectivity index is 2.13. The van der Waals surface area contributed by atoms with Gasteiger partial charge in [-0.05, 0) is 25.7 Å². The second-order valence-electron chi connectivity index (χ2n) is 5.05. The lowest BCUT2D eigenvalue weighted by atomic mass is 10.00. The van der Waals surface area contributed by atoms with Crippen molar-refractivity contribution < 1.29 is 9.59 Å². The number of likely N-dealkylation sites (tertiary alicyclic amines) is 1. The van der Waals surface area contributed by atoms with Gasteiger partial charge in [-0.1, -0.05) is 6.92 Å². The van der Waals surface area contributed by atoms with E-state index in [0.29, 0.717) is 12.5 Å². The molecule has 3 atom stereocenters. The predicted molar refractivity (Wildman–Crippen MR) is 55.7 cm³/mol. The lowest BCUT2D eigenvalue weighted by molar-refractivity contribution is -0.140. The first kappa shape index (κ1) is 10.6. The highest BCUT2D eigenvalue weighted by molar-refractivity contribution is 6.05. The molecule has 2 amide bonds. The molecule has 1 saturated carbocycles. The summed E-state index contributed by atoms with van der Waals surface area (Å²) < 4.78 is 0. The molecular weight excluding hydrogens is 192 g/mol. The van der Waals surface area contributed by atoms with E-state index in [1.165, 1.54) is 4.90 Å². The zero-order valence-corrected chi connectivity index (χ0v) is 9.27. The first-order chi connectivity index (χ1) is 7.00. The smallest absolute Gasteiger partial charge is 0.233 e. The van der Waals surface area contributed by atoms with E-state index in [1.54, 1.807) is 0 Å². The number of amides is 2. The summed E-state index contributed by atoms with van der Waals surface area (Å²) in [5.41, 5.74) is 5.63. The van der Waals surface area contributed by atoms with Gasteiger partial charge in [0.05, 0.1) is 11.8 Å². The van der Waals surface area contributed by atoms with Crippen LogP contribution in [0.15, 0.2) is 0 Å². The molecule has 2 N–H and O–H groups in total. The minimum Gasteiger partial charge on any atom is -0.326 e. The first-order valence-electron chi connectivity index (χ1n) is 5.61. The maximum Gasteiger partial charge on any atom is 0.233 e.